The molecule has 3 aromatic rings. The maximum absolute atomic E-state index is 12.5. The van der Waals surface area contributed by atoms with Crippen LogP contribution in [0.1, 0.15) is 33.8 Å². The molecule has 0 bridgehead atoms. The molecule has 0 aliphatic carbocycles. The van der Waals surface area contributed by atoms with Crippen molar-refractivity contribution in [2.24, 2.45) is 0 Å². The van der Waals surface area contributed by atoms with Gasteiger partial charge in [0.2, 0.25) is 0 Å². The highest BCUT2D eigenvalue weighted by Gasteiger charge is 2.18. The zero-order valence-electron chi connectivity index (χ0n) is 14.6. The van der Waals surface area contributed by atoms with Gasteiger partial charge in [0.15, 0.2) is 12.4 Å². The highest BCUT2D eigenvalue weighted by atomic mass is 35.5. The van der Waals surface area contributed by atoms with E-state index in [2.05, 4.69) is 5.32 Å². The second kappa shape index (κ2) is 8.84. The van der Waals surface area contributed by atoms with Crippen LogP contribution in [0.15, 0.2) is 66.0 Å². The van der Waals surface area contributed by atoms with E-state index in [1.54, 1.807) is 23.5 Å². The molecule has 3 rings (SSSR count). The van der Waals surface area contributed by atoms with Gasteiger partial charge in [-0.3, -0.25) is 9.59 Å². The highest BCUT2D eigenvalue weighted by Crippen LogP contribution is 2.26. The number of carbonyl (C=O) groups is 2. The molecule has 1 unspecified atom stereocenters. The van der Waals surface area contributed by atoms with Crippen molar-refractivity contribution in [2.75, 3.05) is 6.61 Å². The lowest BCUT2D eigenvalue weighted by Gasteiger charge is -2.18. The van der Waals surface area contributed by atoms with Crippen molar-refractivity contribution in [2.45, 2.75) is 13.0 Å². The van der Waals surface area contributed by atoms with Gasteiger partial charge in [0.1, 0.15) is 5.75 Å². The fraction of sp³-hybridized carbons (Fsp3) is 0.143. The van der Waals surface area contributed by atoms with Crippen LogP contribution in [0.2, 0.25) is 5.02 Å². The van der Waals surface area contributed by atoms with Crippen molar-refractivity contribution in [3.05, 3.63) is 87.1 Å². The summed E-state index contributed by atoms with van der Waals surface area (Å²) < 4.78 is 5.58. The molecule has 0 aliphatic heterocycles. The zero-order chi connectivity index (χ0) is 19.2. The molecule has 1 aromatic heterocycles. The van der Waals surface area contributed by atoms with Gasteiger partial charge in [0.25, 0.3) is 5.91 Å². The van der Waals surface area contributed by atoms with Crippen molar-refractivity contribution in [1.29, 1.82) is 0 Å². The second-order valence-electron chi connectivity index (χ2n) is 5.91. The molecule has 6 heteroatoms. The zero-order valence-corrected chi connectivity index (χ0v) is 16.2. The van der Waals surface area contributed by atoms with Gasteiger partial charge in [0, 0.05) is 9.90 Å². The van der Waals surface area contributed by atoms with Crippen molar-refractivity contribution in [3.63, 3.8) is 0 Å². The molecule has 138 valence electrons. The minimum absolute atomic E-state index is 0.173. The fourth-order valence-corrected chi connectivity index (χ4v) is 3.64. The molecule has 0 aliphatic rings. The third-order valence-electron chi connectivity index (χ3n) is 3.95. The van der Waals surface area contributed by atoms with Crippen LogP contribution in [0.4, 0.5) is 0 Å². The molecule has 2 aromatic carbocycles. The number of halogens is 1. The second-order valence-corrected chi connectivity index (χ2v) is 7.33. The number of benzene rings is 2. The Hall–Kier alpha value is -2.63. The summed E-state index contributed by atoms with van der Waals surface area (Å²) in [4.78, 5) is 25.3. The molecule has 27 heavy (non-hydrogen) atoms. The number of ether oxygens (including phenoxy) is 1. The van der Waals surface area contributed by atoms with Crippen LogP contribution in [0.3, 0.4) is 0 Å². The first-order chi connectivity index (χ1) is 13.0. The molecule has 0 spiro atoms. The molecular formula is C21H18ClNO3S. The van der Waals surface area contributed by atoms with Crippen LogP contribution in [0.5, 0.6) is 5.75 Å². The van der Waals surface area contributed by atoms with Gasteiger partial charge in [-0.25, -0.2) is 0 Å². The normalized spacial score (nSPS) is 11.6. The number of amides is 1. The van der Waals surface area contributed by atoms with Gasteiger partial charge in [0.05, 0.1) is 11.6 Å². The summed E-state index contributed by atoms with van der Waals surface area (Å²) in [5, 5.41) is 5.42. The van der Waals surface area contributed by atoms with E-state index in [1.165, 1.54) is 13.0 Å². The molecule has 4 nitrogen and oxygen atoms in total. The lowest BCUT2D eigenvalue weighted by molar-refractivity contribution is -0.123. The van der Waals surface area contributed by atoms with Crippen LogP contribution >= 0.6 is 22.9 Å². The Morgan fingerprint density at radius 3 is 2.56 bits per heavy atom. The Labute approximate surface area is 166 Å². The van der Waals surface area contributed by atoms with E-state index in [-0.39, 0.29) is 24.3 Å². The van der Waals surface area contributed by atoms with Crippen molar-refractivity contribution in [3.8, 4) is 5.75 Å². The Morgan fingerprint density at radius 1 is 1.11 bits per heavy atom. The quantitative estimate of drug-likeness (QED) is 0.575. The van der Waals surface area contributed by atoms with E-state index in [0.29, 0.717) is 16.3 Å². The van der Waals surface area contributed by atoms with Crippen molar-refractivity contribution >= 4 is 34.6 Å². The van der Waals surface area contributed by atoms with E-state index in [9.17, 15) is 9.59 Å². The predicted octanol–water partition coefficient (Wildman–Crippen LogP) is 4.89. The molecule has 0 fully saturated rings. The number of rotatable bonds is 7. The lowest BCUT2D eigenvalue weighted by atomic mass is 10.1. The molecule has 1 N–H and O–H groups in total. The standard InChI is InChI=1S/C21H18ClNO3S/c1-14(24)17-12-16(22)9-10-18(17)26-13-20(25)23-21(19-8-5-11-27-19)15-6-3-2-4-7-15/h2-12,21H,13H2,1H3,(H,23,25). The third kappa shape index (κ3) is 4.96. The Morgan fingerprint density at radius 2 is 1.89 bits per heavy atom. The van der Waals surface area contributed by atoms with Crippen LogP contribution in [0, 0.1) is 0 Å². The highest BCUT2D eigenvalue weighted by molar-refractivity contribution is 7.10. The molecule has 0 radical (unpaired) electrons. The summed E-state index contributed by atoms with van der Waals surface area (Å²) in [6.07, 6.45) is 0. The molecule has 0 saturated carbocycles. The summed E-state index contributed by atoms with van der Waals surface area (Å²) in [6.45, 7) is 1.23. The van der Waals surface area contributed by atoms with Gasteiger partial charge in [-0.15, -0.1) is 11.3 Å². The minimum Gasteiger partial charge on any atom is -0.483 e. The Kier molecular flexibility index (Phi) is 6.27. The summed E-state index contributed by atoms with van der Waals surface area (Å²) in [6, 6.07) is 18.2. The first-order valence-corrected chi connectivity index (χ1v) is 9.61. The molecule has 0 saturated heterocycles. The summed E-state index contributed by atoms with van der Waals surface area (Å²) in [5.74, 6) is -0.107. The van der Waals surface area contributed by atoms with E-state index >= 15 is 0 Å². The number of carbonyl (C=O) groups excluding carboxylic acids is 2. The van der Waals surface area contributed by atoms with E-state index < -0.39 is 0 Å². The summed E-state index contributed by atoms with van der Waals surface area (Å²) >= 11 is 7.51. The van der Waals surface area contributed by atoms with Gasteiger partial charge >= 0.3 is 0 Å². The Balaban J connectivity index is 1.72. The molecule has 1 amide bonds. The first-order valence-electron chi connectivity index (χ1n) is 8.35. The Bertz CT molecular complexity index is 926. The first kappa shape index (κ1) is 19.1. The fourth-order valence-electron chi connectivity index (χ4n) is 2.67. The SMILES string of the molecule is CC(=O)c1cc(Cl)ccc1OCC(=O)NC(c1ccccc1)c1cccs1. The van der Waals surface area contributed by atoms with Crippen LogP contribution in [-0.4, -0.2) is 18.3 Å². The average molecular weight is 400 g/mol. The third-order valence-corrected chi connectivity index (χ3v) is 5.12. The predicted molar refractivity (Wildman–Crippen MR) is 108 cm³/mol. The van der Waals surface area contributed by atoms with Gasteiger partial charge in [-0.2, -0.15) is 0 Å². The molecule has 1 atom stereocenters. The maximum atomic E-state index is 12.5. The van der Waals surface area contributed by atoms with Crippen LogP contribution in [-0.2, 0) is 4.79 Å². The largest absolute Gasteiger partial charge is 0.483 e. The number of thiophene rings is 1. The topological polar surface area (TPSA) is 55.4 Å². The molecule has 1 heterocycles. The number of hydrogen-bond donors (Lipinski definition) is 1. The number of Topliss-reactive ketones (excluding diaryl/α,β-unsaturated/α-hetero) is 1. The van der Waals surface area contributed by atoms with Crippen LogP contribution in [0.25, 0.3) is 0 Å². The van der Waals surface area contributed by atoms with Crippen molar-refractivity contribution in [1.82, 2.24) is 5.32 Å². The van der Waals surface area contributed by atoms with E-state index in [1.807, 2.05) is 47.8 Å². The van der Waals surface area contributed by atoms with Crippen molar-refractivity contribution < 1.29 is 14.3 Å². The number of hydrogen-bond acceptors (Lipinski definition) is 4. The van der Waals surface area contributed by atoms with E-state index in [0.717, 1.165) is 10.4 Å². The number of ketones is 1. The minimum atomic E-state index is -0.276. The van der Waals surface area contributed by atoms with Gasteiger partial charge < -0.3 is 10.1 Å². The van der Waals surface area contributed by atoms with E-state index in [4.69, 9.17) is 16.3 Å². The monoisotopic (exact) mass is 399 g/mol. The van der Waals surface area contributed by atoms with Gasteiger partial charge in [-0.05, 0) is 42.1 Å². The summed E-state index contributed by atoms with van der Waals surface area (Å²) in [7, 11) is 0. The smallest absolute Gasteiger partial charge is 0.258 e. The number of nitrogens with one attached hydrogen (secondary N) is 1. The average Bonchev–Trinajstić information content (AvgIpc) is 3.20. The maximum Gasteiger partial charge on any atom is 0.258 e. The van der Waals surface area contributed by atoms with Gasteiger partial charge in [-0.1, -0.05) is 48.0 Å². The summed E-state index contributed by atoms with van der Waals surface area (Å²) in [5.41, 5.74) is 1.34. The molecular weight excluding hydrogens is 382 g/mol. The van der Waals surface area contributed by atoms with Crippen LogP contribution < -0.4 is 10.1 Å². The lowest BCUT2D eigenvalue weighted by Crippen LogP contribution is -2.33.